The zero-order valence-corrected chi connectivity index (χ0v) is 46.0. The van der Waals surface area contributed by atoms with Crippen LogP contribution >= 0.6 is 23.1 Å². The normalized spacial score (nSPS) is 24.8. The van der Waals surface area contributed by atoms with Gasteiger partial charge in [-0.25, -0.2) is 0 Å². The van der Waals surface area contributed by atoms with Gasteiger partial charge in [0.05, 0.1) is 23.2 Å². The lowest BCUT2D eigenvalue weighted by Crippen LogP contribution is -2.58. The number of hydrogen-bond acceptors (Lipinski definition) is 5. The summed E-state index contributed by atoms with van der Waals surface area (Å²) in [5.41, 5.74) is 25.5. The first-order valence-corrected chi connectivity index (χ1v) is 30.8. The van der Waals surface area contributed by atoms with Crippen molar-refractivity contribution in [3.8, 4) is 11.1 Å². The maximum atomic E-state index is 2.94. The number of benzene rings is 6. The standard InChI is InChI=1S/C74H56BN3S2/c1-2-6-23-46(22-5-1)76(61-36-21-39-66-69(61)53-31-14-19-37-64(53)79-66)49-44-62-71-63(45-49)78(48-26-9-4-10-27-48)73-60(42-43-67-70(73)54-32-15-20-38-65(54)80-67)75(71)59-41-40-58-68(72(59)77(62)47-24-7-3-8-25-47)52-30-13-18-35-57(52)74(58)55-33-16-11-28-50(55)51-29-12-17-34-56(51)74/h1-12,14-22,24-26,28-29,31-40,42-43,45,48,59,62,67,70H,13,23,27,30,41,44H2/t48?,59-,62?,67?,70?/m1/s1. The second kappa shape index (κ2) is 17.5. The number of thiophene rings is 1. The second-order valence-electron chi connectivity index (χ2n) is 23.3. The van der Waals surface area contributed by atoms with Crippen molar-refractivity contribution in [2.24, 2.45) is 0 Å². The molecule has 18 rings (SSSR count). The van der Waals surface area contributed by atoms with Gasteiger partial charge in [-0.05, 0) is 130 Å². The van der Waals surface area contributed by atoms with Crippen molar-refractivity contribution >= 4 is 61.4 Å². The Labute approximate surface area is 477 Å². The van der Waals surface area contributed by atoms with Crippen LogP contribution in [0.5, 0.6) is 0 Å². The molecule has 0 bridgehead atoms. The molecule has 4 unspecified atom stereocenters. The van der Waals surface area contributed by atoms with Gasteiger partial charge < -0.3 is 14.7 Å². The SMILES string of the molecule is C1=CC=C(N(C2=CC3=C4B(C5=C(C6c7ccccc7SC6C=C5)N3C3C=CC=CC3)[C@@H]3CC=C5C(=C3N(c3ccccc3)C4C2)C2=C(C=CCC2)C52c3ccccc3-c3ccccc32)c2cccc3sc4ccccc4c23)CC=C1. The van der Waals surface area contributed by atoms with Crippen LogP contribution in [0, 0.1) is 0 Å². The maximum absolute atomic E-state index is 2.94. The van der Waals surface area contributed by atoms with Crippen LogP contribution < -0.4 is 9.80 Å². The van der Waals surface area contributed by atoms with Crippen LogP contribution in [0.4, 0.5) is 11.4 Å². The minimum absolute atomic E-state index is 0.00722. The fraction of sp³-hybridized carbons (Fsp3) is 0.162. The Bertz CT molecular complexity index is 4300. The molecular formula is C74H56BN3S2. The van der Waals surface area contributed by atoms with E-state index in [-0.39, 0.29) is 30.5 Å². The van der Waals surface area contributed by atoms with Crippen LogP contribution in [0.3, 0.4) is 0 Å². The van der Waals surface area contributed by atoms with Crippen molar-refractivity contribution in [3.05, 3.63) is 315 Å². The Balaban J connectivity index is 0.953. The van der Waals surface area contributed by atoms with Gasteiger partial charge >= 0.3 is 0 Å². The molecule has 6 heteroatoms. The molecule has 1 aromatic heterocycles. The van der Waals surface area contributed by atoms with Gasteiger partial charge in [0.25, 0.3) is 0 Å². The molecule has 1 fully saturated rings. The van der Waals surface area contributed by atoms with Crippen LogP contribution in [0.1, 0.15) is 61.1 Å². The molecule has 8 aliphatic carbocycles. The van der Waals surface area contributed by atoms with Gasteiger partial charge in [0, 0.05) is 88.8 Å². The van der Waals surface area contributed by atoms with Gasteiger partial charge in [-0.2, -0.15) is 0 Å². The van der Waals surface area contributed by atoms with E-state index in [0.717, 1.165) is 38.5 Å². The summed E-state index contributed by atoms with van der Waals surface area (Å²) in [4.78, 5) is 10.0. The van der Waals surface area contributed by atoms with E-state index in [1.165, 1.54) is 115 Å². The lowest BCUT2D eigenvalue weighted by atomic mass is 9.26. The minimum Gasteiger partial charge on any atom is -0.338 e. The van der Waals surface area contributed by atoms with Crippen molar-refractivity contribution in [2.75, 3.05) is 9.80 Å². The first-order chi connectivity index (χ1) is 39.7. The summed E-state index contributed by atoms with van der Waals surface area (Å²) in [6.45, 7) is 0.168. The van der Waals surface area contributed by atoms with Crippen LogP contribution in [0.25, 0.3) is 31.3 Å². The highest BCUT2D eigenvalue weighted by Crippen LogP contribution is 2.69. The van der Waals surface area contributed by atoms with E-state index >= 15 is 0 Å². The summed E-state index contributed by atoms with van der Waals surface area (Å²) in [7, 11) is 0. The maximum Gasteiger partial charge on any atom is 0.221 e. The summed E-state index contributed by atoms with van der Waals surface area (Å²) in [6.07, 6.45) is 42.4. The molecule has 11 aliphatic rings. The molecule has 3 aliphatic heterocycles. The first-order valence-electron chi connectivity index (χ1n) is 29.1. The fourth-order valence-electron chi connectivity index (χ4n) is 16.8. The molecule has 1 saturated heterocycles. The number of rotatable bonds is 5. The van der Waals surface area contributed by atoms with Gasteiger partial charge in [0.1, 0.15) is 0 Å². The van der Waals surface area contributed by atoms with Gasteiger partial charge in [-0.3, -0.25) is 0 Å². The van der Waals surface area contributed by atoms with Crippen LogP contribution in [-0.2, 0) is 5.41 Å². The predicted molar refractivity (Wildman–Crippen MR) is 336 cm³/mol. The molecule has 0 radical (unpaired) electrons. The van der Waals surface area contributed by atoms with Gasteiger partial charge in [-0.15, -0.1) is 23.1 Å². The minimum atomic E-state index is -0.392. The number of thioether (sulfide) groups is 1. The average molecular weight is 1060 g/mol. The quantitative estimate of drug-likeness (QED) is 0.159. The molecule has 1 spiro atoms. The second-order valence-corrected chi connectivity index (χ2v) is 25.6. The largest absolute Gasteiger partial charge is 0.338 e. The van der Waals surface area contributed by atoms with Crippen molar-refractivity contribution in [1.29, 1.82) is 0 Å². The third kappa shape index (κ3) is 6.19. The number of nitrogens with zero attached hydrogens (tertiary/aromatic N) is 3. The summed E-state index contributed by atoms with van der Waals surface area (Å²) in [5.74, 6) is 0.425. The zero-order valence-electron chi connectivity index (χ0n) is 44.4. The lowest BCUT2D eigenvalue weighted by Gasteiger charge is -2.57. The monoisotopic (exact) mass is 1060 g/mol. The van der Waals surface area contributed by atoms with Crippen molar-refractivity contribution in [1.82, 2.24) is 4.90 Å². The summed E-state index contributed by atoms with van der Waals surface area (Å²) in [6, 6.07) is 56.1. The molecule has 5 atom stereocenters. The fourth-order valence-corrected chi connectivity index (χ4v) is 19.3. The molecule has 80 heavy (non-hydrogen) atoms. The van der Waals surface area contributed by atoms with Crippen LogP contribution in [0.15, 0.2) is 303 Å². The zero-order chi connectivity index (χ0) is 52.2. The molecule has 0 amide bonds. The van der Waals surface area contributed by atoms with E-state index in [1.54, 1.807) is 11.0 Å². The average Bonchev–Trinajstić information content (AvgIpc) is 2.82. The first kappa shape index (κ1) is 45.8. The molecule has 7 aromatic rings. The Morgan fingerprint density at radius 1 is 0.650 bits per heavy atom. The highest BCUT2D eigenvalue weighted by molar-refractivity contribution is 8.00. The molecule has 382 valence electrons. The molecule has 6 aromatic carbocycles. The van der Waals surface area contributed by atoms with E-state index in [1.807, 2.05) is 11.3 Å². The third-order valence-electron chi connectivity index (χ3n) is 19.6. The summed E-state index contributed by atoms with van der Waals surface area (Å²) < 4.78 is 2.66. The topological polar surface area (TPSA) is 9.72 Å². The van der Waals surface area contributed by atoms with E-state index < -0.39 is 5.41 Å². The van der Waals surface area contributed by atoms with Crippen molar-refractivity contribution < 1.29 is 0 Å². The van der Waals surface area contributed by atoms with Gasteiger partial charge in [0.15, 0.2) is 0 Å². The number of para-hydroxylation sites is 1. The smallest absolute Gasteiger partial charge is 0.221 e. The van der Waals surface area contributed by atoms with Crippen molar-refractivity contribution in [2.45, 2.75) is 77.9 Å². The molecule has 4 heterocycles. The third-order valence-corrected chi connectivity index (χ3v) is 22.1. The molecule has 0 saturated carbocycles. The highest BCUT2D eigenvalue weighted by atomic mass is 32.2. The Kier molecular flexibility index (Phi) is 10.0. The van der Waals surface area contributed by atoms with Crippen molar-refractivity contribution in [3.63, 3.8) is 0 Å². The van der Waals surface area contributed by atoms with Gasteiger partial charge in [-0.1, -0.05) is 194 Å². The molecule has 3 nitrogen and oxygen atoms in total. The number of hydrogen-bond donors (Lipinski definition) is 0. The Hall–Kier alpha value is -8.03. The highest BCUT2D eigenvalue weighted by Gasteiger charge is 2.61. The number of fused-ring (bicyclic) bond motifs is 19. The number of anilines is 2. The van der Waals surface area contributed by atoms with Crippen LogP contribution in [-0.4, -0.2) is 28.9 Å². The predicted octanol–water partition coefficient (Wildman–Crippen LogP) is 18.1. The van der Waals surface area contributed by atoms with Crippen LogP contribution in [0.2, 0.25) is 5.82 Å². The molecule has 0 N–H and O–H groups in total. The lowest BCUT2D eigenvalue weighted by molar-refractivity contribution is 0.335. The van der Waals surface area contributed by atoms with E-state index in [2.05, 4.69) is 263 Å². The van der Waals surface area contributed by atoms with E-state index in [0.29, 0.717) is 5.25 Å². The Morgan fingerprint density at radius 3 is 2.33 bits per heavy atom. The molecular weight excluding hydrogens is 1010 g/mol. The number of allylic oxidation sites excluding steroid dienone is 19. The van der Waals surface area contributed by atoms with Gasteiger partial charge in [0.2, 0.25) is 6.71 Å². The summed E-state index contributed by atoms with van der Waals surface area (Å²) >= 11 is 3.99. The van der Waals surface area contributed by atoms with E-state index in [9.17, 15) is 0 Å². The van der Waals surface area contributed by atoms with E-state index in [4.69, 9.17) is 0 Å². The summed E-state index contributed by atoms with van der Waals surface area (Å²) in [5, 5.41) is 2.98. The Morgan fingerprint density at radius 2 is 1.45 bits per heavy atom.